The summed E-state index contributed by atoms with van der Waals surface area (Å²) in [5, 5.41) is 3.13. The van der Waals surface area contributed by atoms with Crippen LogP contribution < -0.4 is 5.32 Å². The molecule has 3 heteroatoms. The van der Waals surface area contributed by atoms with E-state index in [2.05, 4.69) is 28.8 Å². The minimum atomic E-state index is 1.01. The second kappa shape index (κ2) is 4.26. The summed E-state index contributed by atoms with van der Waals surface area (Å²) in [5.74, 6) is 1.17. The van der Waals surface area contributed by atoms with E-state index in [-0.39, 0.29) is 0 Å². The van der Waals surface area contributed by atoms with Gasteiger partial charge >= 0.3 is 0 Å². The highest BCUT2D eigenvalue weighted by atomic mass is 15.1. The van der Waals surface area contributed by atoms with Crippen LogP contribution in [0.1, 0.15) is 18.4 Å². The zero-order valence-electron chi connectivity index (χ0n) is 8.09. The third-order valence-corrected chi connectivity index (χ3v) is 2.13. The van der Waals surface area contributed by atoms with Gasteiger partial charge in [-0.3, -0.25) is 0 Å². The lowest BCUT2D eigenvalue weighted by atomic mass is 10.3. The van der Waals surface area contributed by atoms with Crippen LogP contribution in [0.25, 0.3) is 0 Å². The van der Waals surface area contributed by atoms with Crippen molar-refractivity contribution in [3.63, 3.8) is 0 Å². The molecule has 0 aliphatic rings. The molecule has 0 radical (unpaired) electrons. The topological polar surface area (TPSA) is 29.9 Å². The number of rotatable bonds is 4. The van der Waals surface area contributed by atoms with Crippen molar-refractivity contribution in [2.75, 3.05) is 13.6 Å². The Morgan fingerprint density at radius 1 is 1.58 bits per heavy atom. The molecule has 0 amide bonds. The molecule has 0 saturated carbocycles. The number of hydrogen-bond acceptors (Lipinski definition) is 2. The normalized spacial score (nSPS) is 10.6. The van der Waals surface area contributed by atoms with Crippen molar-refractivity contribution in [2.45, 2.75) is 19.8 Å². The largest absolute Gasteiger partial charge is 0.335 e. The smallest absolute Gasteiger partial charge is 0.108 e. The van der Waals surface area contributed by atoms with E-state index in [9.17, 15) is 0 Å². The van der Waals surface area contributed by atoms with Gasteiger partial charge in [-0.05, 0) is 7.05 Å². The number of likely N-dealkylation sites (N-methyl/N-ethyl adjacent to an activating group) is 1. The predicted molar refractivity (Wildman–Crippen MR) is 50.2 cm³/mol. The van der Waals surface area contributed by atoms with Crippen LogP contribution >= 0.6 is 0 Å². The average Bonchev–Trinajstić information content (AvgIpc) is 2.43. The molecule has 1 N–H and O–H groups in total. The van der Waals surface area contributed by atoms with Gasteiger partial charge in [0.15, 0.2) is 0 Å². The Kier molecular flexibility index (Phi) is 3.29. The minimum absolute atomic E-state index is 1.01. The fourth-order valence-corrected chi connectivity index (χ4v) is 1.30. The lowest BCUT2D eigenvalue weighted by molar-refractivity contribution is 0.714. The van der Waals surface area contributed by atoms with Crippen molar-refractivity contribution in [3.8, 4) is 0 Å². The number of hydrogen-bond donors (Lipinski definition) is 1. The van der Waals surface area contributed by atoms with Gasteiger partial charge in [-0.15, -0.1) is 0 Å². The van der Waals surface area contributed by atoms with E-state index in [0.717, 1.165) is 19.4 Å². The first kappa shape index (κ1) is 9.26. The molecule has 0 atom stereocenters. The van der Waals surface area contributed by atoms with Gasteiger partial charge in [-0.2, -0.15) is 0 Å². The first-order valence-electron chi connectivity index (χ1n) is 4.43. The predicted octanol–water partition coefficient (Wildman–Crippen LogP) is 0.744. The molecule has 12 heavy (non-hydrogen) atoms. The Labute approximate surface area is 73.8 Å². The number of nitrogens with zero attached hydrogens (tertiary/aromatic N) is 2. The highest BCUT2D eigenvalue weighted by molar-refractivity contribution is 5.05. The molecule has 0 aliphatic carbocycles. The average molecular weight is 167 g/mol. The van der Waals surface area contributed by atoms with Crippen molar-refractivity contribution in [1.29, 1.82) is 0 Å². The van der Waals surface area contributed by atoms with Crippen molar-refractivity contribution in [1.82, 2.24) is 14.9 Å². The van der Waals surface area contributed by atoms with Crippen LogP contribution in [-0.4, -0.2) is 23.1 Å². The SMILES string of the molecule is CCc1ncc(CCNC)n1C. The Hall–Kier alpha value is -0.830. The molecule has 0 fully saturated rings. The minimum Gasteiger partial charge on any atom is -0.335 e. The van der Waals surface area contributed by atoms with Gasteiger partial charge in [0.05, 0.1) is 0 Å². The Balaban J connectivity index is 2.66. The maximum absolute atomic E-state index is 4.32. The van der Waals surface area contributed by atoms with E-state index >= 15 is 0 Å². The molecule has 0 aromatic carbocycles. The number of aromatic nitrogens is 2. The number of nitrogens with one attached hydrogen (secondary N) is 1. The molecule has 0 bridgehead atoms. The fourth-order valence-electron chi connectivity index (χ4n) is 1.30. The maximum atomic E-state index is 4.32. The summed E-state index contributed by atoms with van der Waals surface area (Å²) < 4.78 is 2.18. The van der Waals surface area contributed by atoms with E-state index in [4.69, 9.17) is 0 Å². The van der Waals surface area contributed by atoms with E-state index < -0.39 is 0 Å². The van der Waals surface area contributed by atoms with Gasteiger partial charge < -0.3 is 9.88 Å². The summed E-state index contributed by atoms with van der Waals surface area (Å²) >= 11 is 0. The third-order valence-electron chi connectivity index (χ3n) is 2.13. The van der Waals surface area contributed by atoms with Crippen LogP contribution in [0, 0.1) is 0 Å². The van der Waals surface area contributed by atoms with Crippen molar-refractivity contribution in [2.24, 2.45) is 7.05 Å². The van der Waals surface area contributed by atoms with E-state index in [1.54, 1.807) is 0 Å². The van der Waals surface area contributed by atoms with Gasteiger partial charge in [0, 0.05) is 38.3 Å². The van der Waals surface area contributed by atoms with Crippen molar-refractivity contribution < 1.29 is 0 Å². The number of imidazole rings is 1. The first-order chi connectivity index (χ1) is 5.79. The summed E-state index contributed by atoms with van der Waals surface area (Å²) in [6.45, 7) is 3.15. The Bertz CT molecular complexity index is 240. The van der Waals surface area contributed by atoms with Crippen molar-refractivity contribution in [3.05, 3.63) is 17.7 Å². The lowest BCUT2D eigenvalue weighted by Gasteiger charge is -2.03. The third kappa shape index (κ3) is 1.85. The Morgan fingerprint density at radius 2 is 2.33 bits per heavy atom. The molecular weight excluding hydrogens is 150 g/mol. The summed E-state index contributed by atoms with van der Waals surface area (Å²) in [4.78, 5) is 4.32. The summed E-state index contributed by atoms with van der Waals surface area (Å²) in [7, 11) is 4.05. The highest BCUT2D eigenvalue weighted by Gasteiger charge is 2.02. The van der Waals surface area contributed by atoms with Crippen LogP contribution in [0.15, 0.2) is 6.20 Å². The van der Waals surface area contributed by atoms with E-state index in [1.807, 2.05) is 13.2 Å². The zero-order chi connectivity index (χ0) is 8.97. The van der Waals surface area contributed by atoms with Gasteiger partial charge in [0.25, 0.3) is 0 Å². The van der Waals surface area contributed by atoms with Crippen LogP contribution in [0.4, 0.5) is 0 Å². The van der Waals surface area contributed by atoms with Crippen LogP contribution in [0.3, 0.4) is 0 Å². The standard InChI is InChI=1S/C9H17N3/c1-4-9-11-7-8(12(9)3)5-6-10-2/h7,10H,4-6H2,1-3H3. The van der Waals surface area contributed by atoms with Crippen LogP contribution in [-0.2, 0) is 19.9 Å². The van der Waals surface area contributed by atoms with Gasteiger partial charge in [0.1, 0.15) is 5.82 Å². The van der Waals surface area contributed by atoms with Gasteiger partial charge in [-0.25, -0.2) is 4.98 Å². The van der Waals surface area contributed by atoms with Crippen LogP contribution in [0.2, 0.25) is 0 Å². The maximum Gasteiger partial charge on any atom is 0.108 e. The highest BCUT2D eigenvalue weighted by Crippen LogP contribution is 2.03. The van der Waals surface area contributed by atoms with Crippen LogP contribution in [0.5, 0.6) is 0 Å². The quantitative estimate of drug-likeness (QED) is 0.717. The van der Waals surface area contributed by atoms with Gasteiger partial charge in [-0.1, -0.05) is 6.92 Å². The van der Waals surface area contributed by atoms with E-state index in [1.165, 1.54) is 11.5 Å². The van der Waals surface area contributed by atoms with E-state index in [0.29, 0.717) is 0 Å². The fraction of sp³-hybridized carbons (Fsp3) is 0.667. The second-order valence-corrected chi connectivity index (χ2v) is 2.93. The second-order valence-electron chi connectivity index (χ2n) is 2.93. The molecule has 1 aromatic heterocycles. The monoisotopic (exact) mass is 167 g/mol. The first-order valence-corrected chi connectivity index (χ1v) is 4.43. The van der Waals surface area contributed by atoms with Gasteiger partial charge in [0.2, 0.25) is 0 Å². The summed E-state index contributed by atoms with van der Waals surface area (Å²) in [6.07, 6.45) is 4.03. The molecule has 0 spiro atoms. The number of aryl methyl sites for hydroxylation is 1. The summed E-state index contributed by atoms with van der Waals surface area (Å²) in [6, 6.07) is 0. The molecule has 0 saturated heterocycles. The lowest BCUT2D eigenvalue weighted by Crippen LogP contribution is -2.12. The molecule has 3 nitrogen and oxygen atoms in total. The summed E-state index contributed by atoms with van der Waals surface area (Å²) in [5.41, 5.74) is 1.31. The molecular formula is C9H17N3. The molecule has 1 rings (SSSR count). The Morgan fingerprint density at radius 3 is 2.83 bits per heavy atom. The molecule has 0 aliphatic heterocycles. The zero-order valence-corrected chi connectivity index (χ0v) is 8.09. The molecule has 1 aromatic rings. The molecule has 0 unspecified atom stereocenters. The molecule has 68 valence electrons. The van der Waals surface area contributed by atoms with Crippen molar-refractivity contribution >= 4 is 0 Å². The molecule has 1 heterocycles.